The number of para-hydroxylation sites is 2. The van der Waals surface area contributed by atoms with Gasteiger partial charge in [0.05, 0.1) is 12.1 Å². The van der Waals surface area contributed by atoms with Crippen LogP contribution in [0.5, 0.6) is 5.75 Å². The summed E-state index contributed by atoms with van der Waals surface area (Å²) < 4.78 is 5.48. The molecule has 0 saturated carbocycles. The van der Waals surface area contributed by atoms with Crippen molar-refractivity contribution in [2.45, 2.75) is 13.0 Å². The van der Waals surface area contributed by atoms with E-state index in [0.717, 1.165) is 16.5 Å². The van der Waals surface area contributed by atoms with Crippen molar-refractivity contribution in [2.75, 3.05) is 13.2 Å². The first-order valence-corrected chi connectivity index (χ1v) is 8.19. The molecule has 0 aliphatic carbocycles. The van der Waals surface area contributed by atoms with Crippen LogP contribution >= 0.6 is 0 Å². The summed E-state index contributed by atoms with van der Waals surface area (Å²) in [5.41, 5.74) is 2.73. The fourth-order valence-electron chi connectivity index (χ4n) is 2.68. The maximum Gasteiger partial charge on any atom is 0.257 e. The number of carbonyl (C=O) groups excluding carboxylic acids is 1. The van der Waals surface area contributed by atoms with Gasteiger partial charge in [-0.05, 0) is 24.1 Å². The van der Waals surface area contributed by atoms with Crippen LogP contribution in [0.2, 0.25) is 0 Å². The highest BCUT2D eigenvalue weighted by Gasteiger charge is 2.07. The van der Waals surface area contributed by atoms with Crippen molar-refractivity contribution in [1.82, 2.24) is 10.3 Å². The number of ether oxygens (including phenoxy) is 1. The Bertz CT molecular complexity index is 859. The molecule has 3 aromatic rings. The third-order valence-corrected chi connectivity index (χ3v) is 3.93. The van der Waals surface area contributed by atoms with Crippen molar-refractivity contribution in [3.05, 3.63) is 71.9 Å². The second kappa shape index (κ2) is 8.26. The van der Waals surface area contributed by atoms with E-state index < -0.39 is 0 Å². The Labute approximate surface area is 146 Å². The molecule has 0 aliphatic rings. The van der Waals surface area contributed by atoms with Crippen LogP contribution in [-0.4, -0.2) is 29.1 Å². The van der Waals surface area contributed by atoms with Crippen LogP contribution in [0, 0.1) is 0 Å². The van der Waals surface area contributed by atoms with Crippen molar-refractivity contribution < 1.29 is 14.6 Å². The van der Waals surface area contributed by atoms with Crippen molar-refractivity contribution in [3.63, 3.8) is 0 Å². The molecule has 5 heteroatoms. The summed E-state index contributed by atoms with van der Waals surface area (Å²) in [4.78, 5) is 16.4. The van der Waals surface area contributed by atoms with E-state index in [4.69, 9.17) is 4.74 Å². The molecule has 0 aliphatic heterocycles. The third kappa shape index (κ3) is 4.33. The minimum absolute atomic E-state index is 0.0786. The minimum Gasteiger partial charge on any atom is -0.483 e. The molecular weight excluding hydrogens is 316 g/mol. The number of rotatable bonds is 7. The number of pyridine rings is 1. The molecule has 0 unspecified atom stereocenters. The summed E-state index contributed by atoms with van der Waals surface area (Å²) in [6, 6.07) is 17.1. The van der Waals surface area contributed by atoms with Crippen LogP contribution in [0.15, 0.2) is 60.8 Å². The number of aromatic nitrogens is 1. The Hall–Kier alpha value is -2.92. The van der Waals surface area contributed by atoms with Gasteiger partial charge in [-0.2, -0.15) is 0 Å². The highest BCUT2D eigenvalue weighted by molar-refractivity contribution is 5.81. The first-order valence-electron chi connectivity index (χ1n) is 8.19. The van der Waals surface area contributed by atoms with E-state index in [2.05, 4.69) is 10.3 Å². The fourth-order valence-corrected chi connectivity index (χ4v) is 2.68. The van der Waals surface area contributed by atoms with Gasteiger partial charge >= 0.3 is 0 Å². The Morgan fingerprint density at radius 1 is 1.04 bits per heavy atom. The number of nitrogens with one attached hydrogen (secondary N) is 1. The predicted octanol–water partition coefficient (Wildman–Crippen LogP) is 2.46. The Morgan fingerprint density at radius 2 is 1.84 bits per heavy atom. The predicted molar refractivity (Wildman–Crippen MR) is 96.3 cm³/mol. The zero-order valence-electron chi connectivity index (χ0n) is 13.8. The summed E-state index contributed by atoms with van der Waals surface area (Å²) in [6.45, 7) is 0.316. The lowest BCUT2D eigenvalue weighted by Crippen LogP contribution is -2.30. The summed E-state index contributed by atoms with van der Waals surface area (Å²) in [5, 5.41) is 13.2. The summed E-state index contributed by atoms with van der Waals surface area (Å²) in [6.07, 6.45) is 2.48. The highest BCUT2D eigenvalue weighted by Crippen LogP contribution is 2.17. The fraction of sp³-hybridized carbons (Fsp3) is 0.200. The number of aliphatic hydroxyl groups excluding tert-OH is 1. The number of benzene rings is 2. The molecule has 0 fully saturated rings. The van der Waals surface area contributed by atoms with Crippen LogP contribution in [0.3, 0.4) is 0 Å². The monoisotopic (exact) mass is 336 g/mol. The smallest absolute Gasteiger partial charge is 0.257 e. The third-order valence-electron chi connectivity index (χ3n) is 3.93. The Kier molecular flexibility index (Phi) is 5.59. The average Bonchev–Trinajstić information content (AvgIpc) is 2.67. The first kappa shape index (κ1) is 16.9. The summed E-state index contributed by atoms with van der Waals surface area (Å²) >= 11 is 0. The van der Waals surface area contributed by atoms with Crippen LogP contribution in [0.1, 0.15) is 11.1 Å². The molecule has 2 N–H and O–H groups in total. The lowest BCUT2D eigenvalue weighted by molar-refractivity contribution is -0.123. The SMILES string of the molecule is O=C(COc1ccccc1CO)NCCc1cccc2cccnc12. The van der Waals surface area contributed by atoms with E-state index in [1.807, 2.05) is 36.4 Å². The van der Waals surface area contributed by atoms with Crippen molar-refractivity contribution in [3.8, 4) is 5.75 Å². The second-order valence-electron chi connectivity index (χ2n) is 5.65. The molecule has 0 bridgehead atoms. The van der Waals surface area contributed by atoms with Crippen LogP contribution in [-0.2, 0) is 17.8 Å². The average molecular weight is 336 g/mol. The number of hydrogen-bond acceptors (Lipinski definition) is 4. The van der Waals surface area contributed by atoms with E-state index in [9.17, 15) is 9.90 Å². The molecule has 0 saturated heterocycles. The summed E-state index contributed by atoms with van der Waals surface area (Å²) in [5.74, 6) is 0.333. The van der Waals surface area contributed by atoms with Gasteiger partial charge in [0, 0.05) is 23.7 Å². The van der Waals surface area contributed by atoms with Gasteiger partial charge in [-0.1, -0.05) is 42.5 Å². The molecule has 5 nitrogen and oxygen atoms in total. The van der Waals surface area contributed by atoms with Gasteiger partial charge in [0.2, 0.25) is 0 Å². The van der Waals surface area contributed by atoms with E-state index in [0.29, 0.717) is 24.3 Å². The molecule has 1 heterocycles. The molecule has 1 aromatic heterocycles. The standard InChI is InChI=1S/C20H20N2O3/c23-13-17-5-1-2-9-18(17)25-14-19(24)21-12-10-16-7-3-6-15-8-4-11-22-20(15)16/h1-9,11,23H,10,12-14H2,(H,21,24). The topological polar surface area (TPSA) is 71.5 Å². The molecule has 3 rings (SSSR count). The number of nitrogens with zero attached hydrogens (tertiary/aromatic N) is 1. The molecule has 2 aromatic carbocycles. The zero-order chi connectivity index (χ0) is 17.5. The van der Waals surface area contributed by atoms with Gasteiger partial charge < -0.3 is 15.2 Å². The van der Waals surface area contributed by atoms with E-state index in [1.54, 1.807) is 24.4 Å². The minimum atomic E-state index is -0.194. The lowest BCUT2D eigenvalue weighted by atomic mass is 10.1. The van der Waals surface area contributed by atoms with Gasteiger partial charge in [0.1, 0.15) is 5.75 Å². The maximum atomic E-state index is 12.0. The van der Waals surface area contributed by atoms with E-state index >= 15 is 0 Å². The van der Waals surface area contributed by atoms with Crippen molar-refractivity contribution in [1.29, 1.82) is 0 Å². The zero-order valence-corrected chi connectivity index (χ0v) is 13.8. The lowest BCUT2D eigenvalue weighted by Gasteiger charge is -2.10. The maximum absolute atomic E-state index is 12.0. The molecular formula is C20H20N2O3. The van der Waals surface area contributed by atoms with Gasteiger partial charge in [0.15, 0.2) is 6.61 Å². The second-order valence-corrected chi connectivity index (χ2v) is 5.65. The van der Waals surface area contributed by atoms with Crippen molar-refractivity contribution >= 4 is 16.8 Å². The molecule has 25 heavy (non-hydrogen) atoms. The van der Waals surface area contributed by atoms with E-state index in [-0.39, 0.29) is 19.1 Å². The van der Waals surface area contributed by atoms with Gasteiger partial charge in [0.25, 0.3) is 5.91 Å². The van der Waals surface area contributed by atoms with Crippen molar-refractivity contribution in [2.24, 2.45) is 0 Å². The highest BCUT2D eigenvalue weighted by atomic mass is 16.5. The Balaban J connectivity index is 1.51. The molecule has 1 amide bonds. The van der Waals surface area contributed by atoms with Crippen LogP contribution < -0.4 is 10.1 Å². The molecule has 0 atom stereocenters. The van der Waals surface area contributed by atoms with Crippen LogP contribution in [0.25, 0.3) is 10.9 Å². The Morgan fingerprint density at radius 3 is 2.72 bits per heavy atom. The first-order chi connectivity index (χ1) is 12.3. The van der Waals surface area contributed by atoms with Gasteiger partial charge in [-0.3, -0.25) is 9.78 Å². The number of aliphatic hydroxyl groups is 1. The van der Waals surface area contributed by atoms with Crippen LogP contribution in [0.4, 0.5) is 0 Å². The number of fused-ring (bicyclic) bond motifs is 1. The van der Waals surface area contributed by atoms with Gasteiger partial charge in [-0.25, -0.2) is 0 Å². The quantitative estimate of drug-likeness (QED) is 0.695. The largest absolute Gasteiger partial charge is 0.483 e. The molecule has 128 valence electrons. The normalized spacial score (nSPS) is 10.6. The number of hydrogen-bond donors (Lipinski definition) is 2. The number of amides is 1. The number of carbonyl (C=O) groups is 1. The molecule has 0 spiro atoms. The van der Waals surface area contributed by atoms with Gasteiger partial charge in [-0.15, -0.1) is 0 Å². The summed E-state index contributed by atoms with van der Waals surface area (Å²) in [7, 11) is 0. The molecule has 0 radical (unpaired) electrons. The van der Waals surface area contributed by atoms with E-state index in [1.165, 1.54) is 0 Å².